The highest BCUT2D eigenvalue weighted by Crippen LogP contribution is 2.25. The maximum Gasteiger partial charge on any atom is 0.263 e. The Kier molecular flexibility index (Phi) is 7.45. The van der Waals surface area contributed by atoms with Crippen LogP contribution in [0.3, 0.4) is 0 Å². The molecule has 1 amide bonds. The largest absolute Gasteiger partial charge is 0.497 e. The van der Waals surface area contributed by atoms with Crippen molar-refractivity contribution < 1.29 is 22.7 Å². The summed E-state index contributed by atoms with van der Waals surface area (Å²) in [6, 6.07) is 12.8. The Hall–Kier alpha value is -2.72. The predicted molar refractivity (Wildman–Crippen MR) is 124 cm³/mol. The number of rotatable bonds is 9. The molecule has 0 bridgehead atoms. The van der Waals surface area contributed by atoms with Crippen LogP contribution in [0.1, 0.15) is 12.5 Å². The molecule has 166 valence electrons. The van der Waals surface area contributed by atoms with Gasteiger partial charge >= 0.3 is 0 Å². The highest BCUT2D eigenvalue weighted by atomic mass is 32.2. The molecule has 1 heterocycles. The van der Waals surface area contributed by atoms with Crippen molar-refractivity contribution in [2.24, 2.45) is 5.10 Å². The third kappa shape index (κ3) is 6.14. The summed E-state index contributed by atoms with van der Waals surface area (Å²) in [7, 11) is -2.19. The Morgan fingerprint density at radius 1 is 1.23 bits per heavy atom. The number of ether oxygens (including phenoxy) is 2. The minimum absolute atomic E-state index is 0.234. The van der Waals surface area contributed by atoms with Crippen molar-refractivity contribution in [1.29, 1.82) is 0 Å². The summed E-state index contributed by atoms with van der Waals surface area (Å²) >= 11 is 1.84. The van der Waals surface area contributed by atoms with Crippen LogP contribution in [0.15, 0.2) is 53.6 Å². The van der Waals surface area contributed by atoms with Crippen LogP contribution in [-0.4, -0.2) is 57.6 Å². The van der Waals surface area contributed by atoms with Crippen LogP contribution in [0.4, 0.5) is 5.69 Å². The van der Waals surface area contributed by atoms with Gasteiger partial charge in [-0.2, -0.15) is 16.9 Å². The first-order valence-electron chi connectivity index (χ1n) is 9.59. The van der Waals surface area contributed by atoms with E-state index in [9.17, 15) is 13.2 Å². The van der Waals surface area contributed by atoms with E-state index in [4.69, 9.17) is 9.47 Å². The standard InChI is InChI=1S/C21H25N3O5S2/c1-15(24(31(3,26)27)17-7-9-18(28-2)10-8-17)21(25)23-22-12-16-5-4-6-19(11-16)29-20-13-30-14-20/h4-12,15,20H,13-14H2,1-3H3,(H,23,25)/b22-12-/t15-/m1/s1. The number of nitrogens with one attached hydrogen (secondary N) is 1. The number of thioether (sulfide) groups is 1. The average molecular weight is 464 g/mol. The molecule has 31 heavy (non-hydrogen) atoms. The summed E-state index contributed by atoms with van der Waals surface area (Å²) in [5.41, 5.74) is 3.53. The number of hydrogen-bond donors (Lipinski definition) is 1. The molecule has 1 N–H and O–H groups in total. The number of nitrogens with zero attached hydrogens (tertiary/aromatic N) is 2. The summed E-state index contributed by atoms with van der Waals surface area (Å²) in [4.78, 5) is 12.6. The van der Waals surface area contributed by atoms with E-state index in [0.29, 0.717) is 11.4 Å². The monoisotopic (exact) mass is 463 g/mol. The molecule has 3 rings (SSSR count). The van der Waals surface area contributed by atoms with Crippen LogP contribution in [0.25, 0.3) is 0 Å². The number of hydrazone groups is 1. The second-order valence-corrected chi connectivity index (χ2v) is 9.95. The fourth-order valence-electron chi connectivity index (χ4n) is 2.94. The van der Waals surface area contributed by atoms with E-state index >= 15 is 0 Å². The summed E-state index contributed by atoms with van der Waals surface area (Å²) in [6.07, 6.45) is 2.78. The van der Waals surface area contributed by atoms with Crippen molar-refractivity contribution in [2.45, 2.75) is 19.1 Å². The number of anilines is 1. The number of benzene rings is 2. The Morgan fingerprint density at radius 2 is 1.94 bits per heavy atom. The van der Waals surface area contributed by atoms with Crippen molar-refractivity contribution in [2.75, 3.05) is 29.2 Å². The smallest absolute Gasteiger partial charge is 0.263 e. The number of carbonyl (C=O) groups is 1. The first-order valence-corrected chi connectivity index (χ1v) is 12.6. The lowest BCUT2D eigenvalue weighted by Gasteiger charge is -2.27. The van der Waals surface area contributed by atoms with E-state index in [1.54, 1.807) is 24.3 Å². The average Bonchev–Trinajstić information content (AvgIpc) is 2.70. The first kappa shape index (κ1) is 23.0. The van der Waals surface area contributed by atoms with Crippen molar-refractivity contribution >= 4 is 39.6 Å². The van der Waals surface area contributed by atoms with Gasteiger partial charge in [0, 0.05) is 11.5 Å². The topological polar surface area (TPSA) is 97.3 Å². The van der Waals surface area contributed by atoms with Gasteiger partial charge in [0.25, 0.3) is 5.91 Å². The third-order valence-corrected chi connectivity index (χ3v) is 7.03. The Bertz CT molecular complexity index is 1040. The van der Waals surface area contributed by atoms with Crippen LogP contribution in [0.5, 0.6) is 11.5 Å². The Labute approximate surface area is 186 Å². The summed E-state index contributed by atoms with van der Waals surface area (Å²) in [5, 5.41) is 3.98. The van der Waals surface area contributed by atoms with Gasteiger partial charge in [-0.3, -0.25) is 9.10 Å². The van der Waals surface area contributed by atoms with E-state index in [1.165, 1.54) is 20.2 Å². The molecule has 10 heteroatoms. The first-order chi connectivity index (χ1) is 14.8. The number of hydrogen-bond acceptors (Lipinski definition) is 7. The molecule has 8 nitrogen and oxygen atoms in total. The Balaban J connectivity index is 1.66. The molecule has 0 aliphatic carbocycles. The van der Waals surface area contributed by atoms with Gasteiger partial charge in [-0.1, -0.05) is 12.1 Å². The normalized spacial score (nSPS) is 15.2. The molecule has 1 saturated heterocycles. The molecule has 2 aromatic carbocycles. The van der Waals surface area contributed by atoms with E-state index in [-0.39, 0.29) is 6.10 Å². The lowest BCUT2D eigenvalue weighted by Crippen LogP contribution is -2.46. The molecule has 0 unspecified atom stereocenters. The highest BCUT2D eigenvalue weighted by molar-refractivity contribution is 8.00. The van der Waals surface area contributed by atoms with E-state index in [2.05, 4.69) is 10.5 Å². The molecule has 1 atom stereocenters. The van der Waals surface area contributed by atoms with Crippen LogP contribution in [-0.2, 0) is 14.8 Å². The quantitative estimate of drug-likeness (QED) is 0.453. The lowest BCUT2D eigenvalue weighted by molar-refractivity contribution is -0.121. The Morgan fingerprint density at radius 3 is 2.52 bits per heavy atom. The molecule has 0 radical (unpaired) electrons. The zero-order valence-electron chi connectivity index (χ0n) is 17.5. The minimum atomic E-state index is -3.71. The molecular formula is C21H25N3O5S2. The van der Waals surface area contributed by atoms with Gasteiger partial charge in [0.2, 0.25) is 10.0 Å². The van der Waals surface area contributed by atoms with Crippen molar-refractivity contribution in [1.82, 2.24) is 5.43 Å². The van der Waals surface area contributed by atoms with E-state index in [1.807, 2.05) is 36.0 Å². The molecule has 0 saturated carbocycles. The van der Waals surface area contributed by atoms with Crippen LogP contribution >= 0.6 is 11.8 Å². The summed E-state index contributed by atoms with van der Waals surface area (Å²) < 4.78 is 36.7. The van der Waals surface area contributed by atoms with Crippen molar-refractivity contribution in [3.05, 3.63) is 54.1 Å². The second kappa shape index (κ2) is 10.1. The lowest BCUT2D eigenvalue weighted by atomic mass is 10.2. The minimum Gasteiger partial charge on any atom is -0.497 e. The maximum absolute atomic E-state index is 12.6. The maximum atomic E-state index is 12.6. The van der Waals surface area contributed by atoms with Crippen molar-refractivity contribution in [3.63, 3.8) is 0 Å². The van der Waals surface area contributed by atoms with Gasteiger partial charge in [-0.05, 0) is 48.9 Å². The predicted octanol–water partition coefficient (Wildman–Crippen LogP) is 2.49. The molecule has 2 aromatic rings. The van der Waals surface area contributed by atoms with E-state index in [0.717, 1.165) is 33.4 Å². The highest BCUT2D eigenvalue weighted by Gasteiger charge is 2.29. The fraction of sp³-hybridized carbons (Fsp3) is 0.333. The molecular weight excluding hydrogens is 438 g/mol. The number of amides is 1. The molecule has 0 spiro atoms. The van der Waals surface area contributed by atoms with Gasteiger partial charge in [0.1, 0.15) is 23.6 Å². The van der Waals surface area contributed by atoms with Gasteiger partial charge in [0.15, 0.2) is 0 Å². The van der Waals surface area contributed by atoms with Crippen LogP contribution in [0.2, 0.25) is 0 Å². The zero-order valence-corrected chi connectivity index (χ0v) is 19.2. The van der Waals surface area contributed by atoms with E-state index < -0.39 is 22.0 Å². The molecule has 1 aliphatic heterocycles. The van der Waals surface area contributed by atoms with Crippen molar-refractivity contribution in [3.8, 4) is 11.5 Å². The number of methoxy groups -OCH3 is 1. The number of carbonyl (C=O) groups excluding carboxylic acids is 1. The molecule has 0 aromatic heterocycles. The second-order valence-electron chi connectivity index (χ2n) is 7.02. The molecule has 1 aliphatic rings. The zero-order chi connectivity index (χ0) is 22.4. The van der Waals surface area contributed by atoms with Gasteiger partial charge in [0.05, 0.1) is 25.3 Å². The van der Waals surface area contributed by atoms with Crippen LogP contribution in [0, 0.1) is 0 Å². The molecule has 1 fully saturated rings. The third-order valence-electron chi connectivity index (χ3n) is 4.57. The number of sulfonamides is 1. The van der Waals surface area contributed by atoms with Gasteiger partial charge in [-0.15, -0.1) is 0 Å². The fourth-order valence-corrected chi connectivity index (χ4v) is 4.68. The summed E-state index contributed by atoms with van der Waals surface area (Å²) in [6.45, 7) is 1.50. The SMILES string of the molecule is COc1ccc(N([C@H](C)C(=O)N/N=C\c2cccc(OC3CSC3)c2)S(C)(=O)=O)cc1. The summed E-state index contributed by atoms with van der Waals surface area (Å²) in [5.74, 6) is 2.74. The van der Waals surface area contributed by atoms with Crippen LogP contribution < -0.4 is 19.2 Å². The van der Waals surface area contributed by atoms with Gasteiger partial charge < -0.3 is 9.47 Å². The van der Waals surface area contributed by atoms with Gasteiger partial charge in [-0.25, -0.2) is 13.8 Å².